The van der Waals surface area contributed by atoms with Gasteiger partial charge in [-0.25, -0.2) is 0 Å². The molecular weight excluding hydrogens is 224 g/mol. The van der Waals surface area contributed by atoms with Crippen LogP contribution in [0.5, 0.6) is 0 Å². The summed E-state index contributed by atoms with van der Waals surface area (Å²) in [5.41, 5.74) is 5.91. The second-order valence-electron chi connectivity index (χ2n) is 6.38. The summed E-state index contributed by atoms with van der Waals surface area (Å²) in [6.07, 6.45) is 8.97. The van der Waals surface area contributed by atoms with Crippen molar-refractivity contribution in [1.82, 2.24) is 4.90 Å². The fraction of sp³-hybridized carbons (Fsp3) is 0.933. The number of nitrogens with two attached hydrogens (primary N) is 1. The monoisotopic (exact) mass is 252 g/mol. The highest BCUT2D eigenvalue weighted by Crippen LogP contribution is 2.27. The zero-order valence-corrected chi connectivity index (χ0v) is 11.7. The molecule has 0 radical (unpaired) electrons. The summed E-state index contributed by atoms with van der Waals surface area (Å²) in [4.78, 5) is 14.2. The Morgan fingerprint density at radius 1 is 1.11 bits per heavy atom. The summed E-state index contributed by atoms with van der Waals surface area (Å²) >= 11 is 0. The van der Waals surface area contributed by atoms with Crippen molar-refractivity contribution < 1.29 is 4.79 Å². The molecule has 2 aliphatic rings. The first-order chi connectivity index (χ1) is 8.65. The Morgan fingerprint density at radius 2 is 1.72 bits per heavy atom. The molecule has 3 nitrogen and oxygen atoms in total. The molecule has 1 saturated carbocycles. The Balaban J connectivity index is 1.65. The molecule has 1 amide bonds. The first kappa shape index (κ1) is 13.9. The summed E-state index contributed by atoms with van der Waals surface area (Å²) in [6, 6.07) is 0.417. The minimum atomic E-state index is 0.386. The molecule has 3 heteroatoms. The molecule has 0 aromatic heterocycles. The van der Waals surface area contributed by atoms with Crippen molar-refractivity contribution in [2.45, 2.75) is 64.3 Å². The summed E-state index contributed by atoms with van der Waals surface area (Å²) in [5, 5.41) is 0. The van der Waals surface area contributed by atoms with E-state index in [9.17, 15) is 4.79 Å². The SMILES string of the molecule is CC1CCN(C(=O)CCC2CCC(N)CC2)CC1. The molecule has 2 fully saturated rings. The minimum absolute atomic E-state index is 0.386. The second kappa shape index (κ2) is 6.55. The molecule has 1 heterocycles. The highest BCUT2D eigenvalue weighted by atomic mass is 16.2. The smallest absolute Gasteiger partial charge is 0.222 e. The van der Waals surface area contributed by atoms with Gasteiger partial charge < -0.3 is 10.6 Å². The Labute approximate surface area is 111 Å². The lowest BCUT2D eigenvalue weighted by Crippen LogP contribution is -2.38. The van der Waals surface area contributed by atoms with E-state index in [4.69, 9.17) is 5.73 Å². The highest BCUT2D eigenvalue weighted by molar-refractivity contribution is 5.76. The van der Waals surface area contributed by atoms with E-state index in [0.29, 0.717) is 11.9 Å². The van der Waals surface area contributed by atoms with Gasteiger partial charge in [0.05, 0.1) is 0 Å². The summed E-state index contributed by atoms with van der Waals surface area (Å²) < 4.78 is 0. The topological polar surface area (TPSA) is 46.3 Å². The third-order valence-corrected chi connectivity index (χ3v) is 4.79. The van der Waals surface area contributed by atoms with Gasteiger partial charge in [0.2, 0.25) is 5.91 Å². The molecule has 1 aliphatic carbocycles. The minimum Gasteiger partial charge on any atom is -0.343 e. The van der Waals surface area contributed by atoms with Crippen molar-refractivity contribution in [3.8, 4) is 0 Å². The van der Waals surface area contributed by atoms with Gasteiger partial charge in [-0.1, -0.05) is 6.92 Å². The standard InChI is InChI=1S/C15H28N2O/c1-12-8-10-17(11-9-12)15(18)7-4-13-2-5-14(16)6-3-13/h12-14H,2-11,16H2,1H3. The first-order valence-electron chi connectivity index (χ1n) is 7.68. The van der Waals surface area contributed by atoms with Gasteiger partial charge in [-0.2, -0.15) is 0 Å². The Hall–Kier alpha value is -0.570. The van der Waals surface area contributed by atoms with Crippen LogP contribution in [0.3, 0.4) is 0 Å². The lowest BCUT2D eigenvalue weighted by atomic mass is 9.83. The van der Waals surface area contributed by atoms with Crippen molar-refractivity contribution >= 4 is 5.91 Å². The predicted molar refractivity (Wildman–Crippen MR) is 74.1 cm³/mol. The number of likely N-dealkylation sites (tertiary alicyclic amines) is 1. The number of nitrogens with zero attached hydrogens (tertiary/aromatic N) is 1. The zero-order chi connectivity index (χ0) is 13.0. The summed E-state index contributed by atoms with van der Waals surface area (Å²) in [6.45, 7) is 4.25. The number of piperidine rings is 1. The van der Waals surface area contributed by atoms with Crippen molar-refractivity contribution in [1.29, 1.82) is 0 Å². The lowest BCUT2D eigenvalue weighted by molar-refractivity contribution is -0.132. The molecule has 0 spiro atoms. The zero-order valence-electron chi connectivity index (χ0n) is 11.7. The van der Waals surface area contributed by atoms with Crippen LogP contribution in [0.4, 0.5) is 0 Å². The molecule has 2 N–H and O–H groups in total. The van der Waals surface area contributed by atoms with Crippen LogP contribution in [0, 0.1) is 11.8 Å². The van der Waals surface area contributed by atoms with E-state index in [-0.39, 0.29) is 0 Å². The molecule has 2 rings (SSSR count). The molecule has 0 bridgehead atoms. The van der Waals surface area contributed by atoms with Crippen molar-refractivity contribution in [2.24, 2.45) is 17.6 Å². The molecule has 0 atom stereocenters. The molecule has 1 saturated heterocycles. The van der Waals surface area contributed by atoms with Crippen LogP contribution < -0.4 is 5.73 Å². The molecule has 0 aromatic rings. The van der Waals surface area contributed by atoms with Crippen molar-refractivity contribution in [3.05, 3.63) is 0 Å². The third-order valence-electron chi connectivity index (χ3n) is 4.79. The first-order valence-corrected chi connectivity index (χ1v) is 7.68. The molecule has 18 heavy (non-hydrogen) atoms. The summed E-state index contributed by atoms with van der Waals surface area (Å²) in [5.74, 6) is 1.93. The Bertz CT molecular complexity index is 264. The average molecular weight is 252 g/mol. The van der Waals surface area contributed by atoms with E-state index in [0.717, 1.165) is 50.6 Å². The van der Waals surface area contributed by atoms with Crippen LogP contribution in [0.2, 0.25) is 0 Å². The van der Waals surface area contributed by atoms with Crippen LogP contribution in [0.25, 0.3) is 0 Å². The van der Waals surface area contributed by atoms with Gasteiger partial charge in [-0.3, -0.25) is 4.79 Å². The average Bonchev–Trinajstić information content (AvgIpc) is 2.38. The number of rotatable bonds is 3. The summed E-state index contributed by atoms with van der Waals surface area (Å²) in [7, 11) is 0. The second-order valence-corrected chi connectivity index (χ2v) is 6.38. The van der Waals surface area contributed by atoms with E-state index < -0.39 is 0 Å². The van der Waals surface area contributed by atoms with Gasteiger partial charge in [0.15, 0.2) is 0 Å². The highest BCUT2D eigenvalue weighted by Gasteiger charge is 2.23. The van der Waals surface area contributed by atoms with E-state index in [1.807, 2.05) is 0 Å². The fourth-order valence-electron chi connectivity index (χ4n) is 3.22. The molecule has 104 valence electrons. The fourth-order valence-corrected chi connectivity index (χ4v) is 3.22. The molecule has 1 aliphatic heterocycles. The number of amides is 1. The van der Waals surface area contributed by atoms with Gasteiger partial charge in [0, 0.05) is 25.6 Å². The van der Waals surface area contributed by atoms with Crippen LogP contribution in [0.15, 0.2) is 0 Å². The van der Waals surface area contributed by atoms with E-state index in [1.165, 1.54) is 25.7 Å². The van der Waals surface area contributed by atoms with Crippen LogP contribution >= 0.6 is 0 Å². The molecule has 0 unspecified atom stereocenters. The number of hydrogen-bond acceptors (Lipinski definition) is 2. The maximum absolute atomic E-state index is 12.1. The molecule has 0 aromatic carbocycles. The van der Waals surface area contributed by atoms with Gasteiger partial charge in [0.1, 0.15) is 0 Å². The Morgan fingerprint density at radius 3 is 2.33 bits per heavy atom. The number of carbonyl (C=O) groups is 1. The Kier molecular flexibility index (Phi) is 5.04. The predicted octanol–water partition coefficient (Wildman–Crippen LogP) is 2.54. The number of hydrogen-bond donors (Lipinski definition) is 1. The quantitative estimate of drug-likeness (QED) is 0.839. The number of carbonyl (C=O) groups excluding carboxylic acids is 1. The van der Waals surface area contributed by atoms with Gasteiger partial charge >= 0.3 is 0 Å². The third kappa shape index (κ3) is 3.98. The van der Waals surface area contributed by atoms with Crippen LogP contribution in [-0.2, 0) is 4.79 Å². The van der Waals surface area contributed by atoms with Crippen LogP contribution in [0.1, 0.15) is 58.3 Å². The van der Waals surface area contributed by atoms with Gasteiger partial charge in [-0.05, 0) is 56.8 Å². The normalized spacial score (nSPS) is 30.4. The van der Waals surface area contributed by atoms with Crippen LogP contribution in [-0.4, -0.2) is 29.9 Å². The van der Waals surface area contributed by atoms with Gasteiger partial charge in [0.25, 0.3) is 0 Å². The van der Waals surface area contributed by atoms with E-state index in [1.54, 1.807) is 0 Å². The maximum Gasteiger partial charge on any atom is 0.222 e. The van der Waals surface area contributed by atoms with Crippen molar-refractivity contribution in [3.63, 3.8) is 0 Å². The maximum atomic E-state index is 12.1. The van der Waals surface area contributed by atoms with Crippen molar-refractivity contribution in [2.75, 3.05) is 13.1 Å². The van der Waals surface area contributed by atoms with E-state index >= 15 is 0 Å². The molecular formula is C15H28N2O. The lowest BCUT2D eigenvalue weighted by Gasteiger charge is -2.31. The van der Waals surface area contributed by atoms with E-state index in [2.05, 4.69) is 11.8 Å². The largest absolute Gasteiger partial charge is 0.343 e. The van der Waals surface area contributed by atoms with Gasteiger partial charge in [-0.15, -0.1) is 0 Å².